The van der Waals surface area contributed by atoms with Crippen LogP contribution in [0.25, 0.3) is 11.0 Å². The fourth-order valence-electron chi connectivity index (χ4n) is 3.58. The molecule has 4 rings (SSSR count). The molecule has 26 heavy (non-hydrogen) atoms. The number of nitrogens with zero attached hydrogens (tertiary/aromatic N) is 1. The van der Waals surface area contributed by atoms with Gasteiger partial charge >= 0.3 is 5.63 Å². The Balaban J connectivity index is 1.54. The van der Waals surface area contributed by atoms with Crippen molar-refractivity contribution in [2.75, 3.05) is 6.61 Å². The lowest BCUT2D eigenvalue weighted by molar-refractivity contribution is 0.0921. The first-order chi connectivity index (χ1) is 12.4. The summed E-state index contributed by atoms with van der Waals surface area (Å²) in [7, 11) is 0. The van der Waals surface area contributed by atoms with Crippen molar-refractivity contribution in [2.24, 2.45) is 0 Å². The largest absolute Gasteiger partial charge is 0.485 e. The van der Waals surface area contributed by atoms with E-state index in [4.69, 9.17) is 9.15 Å². The Labute approximate surface area is 151 Å². The molecule has 5 nitrogen and oxygen atoms in total. The molecule has 3 aromatic rings. The van der Waals surface area contributed by atoms with E-state index in [2.05, 4.69) is 4.57 Å². The number of ether oxygens (including phenoxy) is 1. The van der Waals surface area contributed by atoms with Crippen molar-refractivity contribution in [3.63, 3.8) is 0 Å². The van der Waals surface area contributed by atoms with E-state index in [0.29, 0.717) is 17.4 Å². The van der Waals surface area contributed by atoms with Crippen LogP contribution in [0.5, 0.6) is 5.75 Å². The molecule has 134 valence electrons. The van der Waals surface area contributed by atoms with Gasteiger partial charge in [0.25, 0.3) is 0 Å². The summed E-state index contributed by atoms with van der Waals surface area (Å²) in [6.45, 7) is 5.85. The van der Waals surface area contributed by atoms with E-state index in [9.17, 15) is 9.59 Å². The van der Waals surface area contributed by atoms with Gasteiger partial charge in [-0.2, -0.15) is 0 Å². The van der Waals surface area contributed by atoms with Crippen LogP contribution in [0.4, 0.5) is 0 Å². The van der Waals surface area contributed by atoms with Crippen molar-refractivity contribution in [1.82, 2.24) is 4.57 Å². The number of fused-ring (bicyclic) bond motifs is 1. The molecule has 1 aliphatic rings. The first kappa shape index (κ1) is 16.6. The molecule has 0 radical (unpaired) electrons. The van der Waals surface area contributed by atoms with Crippen LogP contribution in [0.2, 0.25) is 0 Å². The van der Waals surface area contributed by atoms with Gasteiger partial charge in [-0.05, 0) is 57.4 Å². The minimum absolute atomic E-state index is 0.0451. The molecule has 0 amide bonds. The average molecular weight is 351 g/mol. The zero-order chi connectivity index (χ0) is 18.4. The van der Waals surface area contributed by atoms with Gasteiger partial charge in [0.05, 0.1) is 0 Å². The molecule has 5 heteroatoms. The maximum atomic E-state index is 12.6. The minimum atomic E-state index is -0.393. The second-order valence-electron chi connectivity index (χ2n) is 7.00. The predicted molar refractivity (Wildman–Crippen MR) is 99.2 cm³/mol. The Morgan fingerprint density at radius 2 is 1.96 bits per heavy atom. The van der Waals surface area contributed by atoms with Gasteiger partial charge < -0.3 is 13.7 Å². The van der Waals surface area contributed by atoms with Crippen molar-refractivity contribution in [2.45, 2.75) is 39.7 Å². The SMILES string of the molecule is Cc1cc(=O)oc2cc(OCC(=O)c3cc(C)n(C4CC4)c3C)ccc12. The number of carbonyl (C=O) groups excluding carboxylic acids is 1. The molecule has 1 aliphatic carbocycles. The third-order valence-corrected chi connectivity index (χ3v) is 4.99. The van der Waals surface area contributed by atoms with Crippen LogP contribution in [-0.4, -0.2) is 17.0 Å². The highest BCUT2D eigenvalue weighted by Crippen LogP contribution is 2.38. The maximum absolute atomic E-state index is 12.6. The number of aromatic nitrogens is 1. The normalized spacial score (nSPS) is 14.0. The van der Waals surface area contributed by atoms with Gasteiger partial charge in [-0.15, -0.1) is 0 Å². The maximum Gasteiger partial charge on any atom is 0.336 e. The number of carbonyl (C=O) groups is 1. The number of hydrogen-bond acceptors (Lipinski definition) is 4. The highest BCUT2D eigenvalue weighted by Gasteiger charge is 2.28. The summed E-state index contributed by atoms with van der Waals surface area (Å²) in [6, 6.07) is 9.24. The Morgan fingerprint density at radius 1 is 1.19 bits per heavy atom. The fourth-order valence-corrected chi connectivity index (χ4v) is 3.58. The lowest BCUT2D eigenvalue weighted by Crippen LogP contribution is -2.13. The molecular formula is C21H21NO4. The van der Waals surface area contributed by atoms with Crippen LogP contribution in [0.3, 0.4) is 0 Å². The summed E-state index contributed by atoms with van der Waals surface area (Å²) in [6.07, 6.45) is 2.37. The molecular weight excluding hydrogens is 330 g/mol. The lowest BCUT2D eigenvalue weighted by Gasteiger charge is -2.09. The molecule has 0 spiro atoms. The Morgan fingerprint density at radius 3 is 2.69 bits per heavy atom. The third-order valence-electron chi connectivity index (χ3n) is 4.99. The molecule has 1 aromatic carbocycles. The molecule has 2 heterocycles. The average Bonchev–Trinajstić information content (AvgIpc) is 3.37. The Kier molecular flexibility index (Phi) is 3.94. The molecule has 0 bridgehead atoms. The van der Waals surface area contributed by atoms with E-state index in [0.717, 1.165) is 27.9 Å². The van der Waals surface area contributed by atoms with E-state index in [1.165, 1.54) is 18.9 Å². The topological polar surface area (TPSA) is 61.4 Å². The number of benzene rings is 1. The molecule has 2 aromatic heterocycles. The summed E-state index contributed by atoms with van der Waals surface area (Å²) in [5.41, 5.74) is 3.78. The monoisotopic (exact) mass is 351 g/mol. The van der Waals surface area contributed by atoms with Crippen molar-refractivity contribution in [1.29, 1.82) is 0 Å². The van der Waals surface area contributed by atoms with E-state index in [-0.39, 0.29) is 12.4 Å². The van der Waals surface area contributed by atoms with Crippen molar-refractivity contribution >= 4 is 16.8 Å². The molecule has 0 aliphatic heterocycles. The summed E-state index contributed by atoms with van der Waals surface area (Å²) in [5.74, 6) is 0.464. The van der Waals surface area contributed by atoms with Gasteiger partial charge in [-0.25, -0.2) is 4.79 Å². The number of rotatable bonds is 5. The first-order valence-corrected chi connectivity index (χ1v) is 8.83. The number of hydrogen-bond donors (Lipinski definition) is 0. The standard InChI is InChI=1S/C21H21NO4/c1-12-8-21(24)26-20-10-16(6-7-17(12)20)25-11-19(23)18-9-13(2)22(14(18)3)15-4-5-15/h6-10,15H,4-5,11H2,1-3H3. The predicted octanol–water partition coefficient (Wildman–Crippen LogP) is 4.12. The highest BCUT2D eigenvalue weighted by molar-refractivity contribution is 5.98. The fraction of sp³-hybridized carbons (Fsp3) is 0.333. The molecule has 0 N–H and O–H groups in total. The van der Waals surface area contributed by atoms with Crippen LogP contribution in [-0.2, 0) is 0 Å². The summed E-state index contributed by atoms with van der Waals surface area (Å²) < 4.78 is 13.1. The number of ketones is 1. The van der Waals surface area contributed by atoms with Crippen molar-refractivity contribution in [3.05, 3.63) is 63.3 Å². The second-order valence-corrected chi connectivity index (χ2v) is 7.00. The van der Waals surface area contributed by atoms with Gasteiger partial charge in [-0.3, -0.25) is 4.79 Å². The molecule has 1 fully saturated rings. The van der Waals surface area contributed by atoms with E-state index < -0.39 is 5.63 Å². The lowest BCUT2D eigenvalue weighted by atomic mass is 10.1. The van der Waals surface area contributed by atoms with Crippen LogP contribution in [0.1, 0.15) is 46.2 Å². The van der Waals surface area contributed by atoms with Gasteiger partial charge in [0.15, 0.2) is 6.61 Å². The first-order valence-electron chi connectivity index (χ1n) is 8.83. The summed E-state index contributed by atoms with van der Waals surface area (Å²) >= 11 is 0. The van der Waals surface area contributed by atoms with Crippen LogP contribution >= 0.6 is 0 Å². The highest BCUT2D eigenvalue weighted by atomic mass is 16.5. The van der Waals surface area contributed by atoms with E-state index in [1.807, 2.05) is 32.9 Å². The van der Waals surface area contributed by atoms with Gasteiger partial charge in [0.1, 0.15) is 11.3 Å². The minimum Gasteiger partial charge on any atom is -0.485 e. The van der Waals surface area contributed by atoms with Gasteiger partial charge in [-0.1, -0.05) is 0 Å². The van der Waals surface area contributed by atoms with E-state index >= 15 is 0 Å². The quantitative estimate of drug-likeness (QED) is 0.512. The molecule has 0 unspecified atom stereocenters. The Bertz CT molecular complexity index is 1070. The van der Waals surface area contributed by atoms with Gasteiger partial charge in [0, 0.05) is 40.5 Å². The third kappa shape index (κ3) is 2.94. The summed E-state index contributed by atoms with van der Waals surface area (Å²) in [5, 5.41) is 0.858. The smallest absolute Gasteiger partial charge is 0.336 e. The summed E-state index contributed by atoms with van der Waals surface area (Å²) in [4.78, 5) is 24.1. The zero-order valence-electron chi connectivity index (χ0n) is 15.2. The zero-order valence-corrected chi connectivity index (χ0v) is 15.2. The molecule has 0 saturated heterocycles. The van der Waals surface area contributed by atoms with Crippen LogP contribution < -0.4 is 10.4 Å². The second kappa shape index (κ2) is 6.16. The molecule has 1 saturated carbocycles. The van der Waals surface area contributed by atoms with Gasteiger partial charge in [0.2, 0.25) is 5.78 Å². The molecule has 0 atom stereocenters. The van der Waals surface area contributed by atoms with E-state index in [1.54, 1.807) is 12.1 Å². The van der Waals surface area contributed by atoms with Crippen LogP contribution in [0, 0.1) is 20.8 Å². The van der Waals surface area contributed by atoms with Crippen LogP contribution in [0.15, 0.2) is 39.5 Å². The Hall–Kier alpha value is -2.82. The number of aryl methyl sites for hydroxylation is 2. The van der Waals surface area contributed by atoms with Crippen molar-refractivity contribution in [3.8, 4) is 5.75 Å². The van der Waals surface area contributed by atoms with Crippen molar-refractivity contribution < 1.29 is 13.9 Å². The number of Topliss-reactive ketones (excluding diaryl/α,β-unsaturated/α-hetero) is 1.